The molecule has 0 spiro atoms. The van der Waals surface area contributed by atoms with Crippen LogP contribution in [-0.4, -0.2) is 37.6 Å². The molecule has 114 valence electrons. The van der Waals surface area contributed by atoms with Crippen molar-refractivity contribution in [2.24, 2.45) is 5.92 Å². The molecule has 1 saturated carbocycles. The van der Waals surface area contributed by atoms with Gasteiger partial charge in [0.2, 0.25) is 5.91 Å². The highest BCUT2D eigenvalue weighted by Gasteiger charge is 2.30. The molecule has 1 amide bonds. The number of methoxy groups -OCH3 is 1. The lowest BCUT2D eigenvalue weighted by Crippen LogP contribution is -2.48. The monoisotopic (exact) mass is 288 g/mol. The highest BCUT2D eigenvalue weighted by molar-refractivity contribution is 5.77. The zero-order chi connectivity index (χ0) is 14.7. The van der Waals surface area contributed by atoms with Crippen LogP contribution in [0.4, 0.5) is 0 Å². The minimum Gasteiger partial charge on any atom is -0.496 e. The van der Waals surface area contributed by atoms with Crippen molar-refractivity contribution in [2.45, 2.75) is 31.7 Å². The average molecular weight is 288 g/mol. The predicted molar refractivity (Wildman–Crippen MR) is 82.3 cm³/mol. The number of nitrogens with zero attached hydrogens (tertiary/aromatic N) is 1. The largest absolute Gasteiger partial charge is 0.496 e. The van der Waals surface area contributed by atoms with Gasteiger partial charge < -0.3 is 15.0 Å². The van der Waals surface area contributed by atoms with Crippen LogP contribution < -0.4 is 10.1 Å². The third kappa shape index (κ3) is 3.38. The maximum Gasteiger partial charge on any atom is 0.223 e. The first-order valence-electron chi connectivity index (χ1n) is 7.92. The van der Waals surface area contributed by atoms with Crippen molar-refractivity contribution in [1.29, 1.82) is 0 Å². The molecule has 1 unspecified atom stereocenters. The Morgan fingerprint density at radius 2 is 2.19 bits per heavy atom. The van der Waals surface area contributed by atoms with E-state index in [1.165, 1.54) is 12.8 Å². The van der Waals surface area contributed by atoms with Gasteiger partial charge in [0.25, 0.3) is 0 Å². The summed E-state index contributed by atoms with van der Waals surface area (Å²) in [5, 5.41) is 3.40. The molecule has 4 heteroatoms. The van der Waals surface area contributed by atoms with Gasteiger partial charge in [0.1, 0.15) is 5.75 Å². The lowest BCUT2D eigenvalue weighted by Gasteiger charge is -2.37. The summed E-state index contributed by atoms with van der Waals surface area (Å²) in [6.07, 6.45) is 4.37. The Morgan fingerprint density at radius 3 is 2.95 bits per heavy atom. The van der Waals surface area contributed by atoms with Crippen molar-refractivity contribution in [3.8, 4) is 5.75 Å². The predicted octanol–water partition coefficient (Wildman–Crippen LogP) is 2.36. The van der Waals surface area contributed by atoms with Gasteiger partial charge in [-0.25, -0.2) is 0 Å². The fourth-order valence-electron chi connectivity index (χ4n) is 3.10. The van der Waals surface area contributed by atoms with Gasteiger partial charge in [-0.2, -0.15) is 0 Å². The number of carbonyl (C=O) groups is 1. The topological polar surface area (TPSA) is 41.6 Å². The molecule has 0 aromatic heterocycles. The van der Waals surface area contributed by atoms with Crippen molar-refractivity contribution >= 4 is 5.91 Å². The van der Waals surface area contributed by atoms with Gasteiger partial charge in [0.05, 0.1) is 13.2 Å². The Hall–Kier alpha value is -1.55. The van der Waals surface area contributed by atoms with E-state index in [2.05, 4.69) is 11.4 Å². The molecule has 2 aliphatic rings. The minimum absolute atomic E-state index is 0.0848. The van der Waals surface area contributed by atoms with Crippen LogP contribution in [-0.2, 0) is 4.79 Å². The smallest absolute Gasteiger partial charge is 0.223 e. The Labute approximate surface area is 126 Å². The molecule has 1 N–H and O–H groups in total. The van der Waals surface area contributed by atoms with Crippen LogP contribution in [0.25, 0.3) is 0 Å². The quantitative estimate of drug-likeness (QED) is 0.904. The highest BCUT2D eigenvalue weighted by atomic mass is 16.5. The zero-order valence-electron chi connectivity index (χ0n) is 12.7. The normalized spacial score (nSPS) is 22.1. The zero-order valence-corrected chi connectivity index (χ0v) is 12.7. The van der Waals surface area contributed by atoms with E-state index >= 15 is 0 Å². The van der Waals surface area contributed by atoms with Crippen molar-refractivity contribution in [3.63, 3.8) is 0 Å². The summed E-state index contributed by atoms with van der Waals surface area (Å²) in [7, 11) is 1.69. The summed E-state index contributed by atoms with van der Waals surface area (Å²) in [6, 6.07) is 8.10. The van der Waals surface area contributed by atoms with E-state index < -0.39 is 0 Å². The van der Waals surface area contributed by atoms with Gasteiger partial charge in [-0.1, -0.05) is 31.0 Å². The molecule has 3 rings (SSSR count). The van der Waals surface area contributed by atoms with Crippen molar-refractivity contribution in [1.82, 2.24) is 10.2 Å². The molecule has 21 heavy (non-hydrogen) atoms. The number of rotatable bonds is 5. The summed E-state index contributed by atoms with van der Waals surface area (Å²) in [6.45, 7) is 2.46. The number of ether oxygens (including phenoxy) is 1. The summed E-state index contributed by atoms with van der Waals surface area (Å²) in [5.74, 6) is 1.96. The highest BCUT2D eigenvalue weighted by Crippen LogP contribution is 2.35. The summed E-state index contributed by atoms with van der Waals surface area (Å²) >= 11 is 0. The fraction of sp³-hybridized carbons (Fsp3) is 0.588. The van der Waals surface area contributed by atoms with E-state index in [1.54, 1.807) is 7.11 Å². The number of amides is 1. The molecule has 4 nitrogen and oxygen atoms in total. The van der Waals surface area contributed by atoms with E-state index in [0.29, 0.717) is 12.3 Å². The molecule has 1 heterocycles. The molecule has 1 aliphatic heterocycles. The summed E-state index contributed by atoms with van der Waals surface area (Å²) in [5.41, 5.74) is 1.10. The molecular formula is C17H24N2O2. The number of piperazine rings is 1. The molecule has 0 radical (unpaired) electrons. The molecule has 1 saturated heterocycles. The van der Waals surface area contributed by atoms with Crippen LogP contribution in [0, 0.1) is 5.92 Å². The standard InChI is InChI=1S/C17H24N2O2/c1-21-16-5-3-2-4-14(16)15-12-18-10-11-19(15)17(20)9-8-13-6-7-13/h2-5,13,15,18H,6-12H2,1H3. The number of nitrogens with one attached hydrogen (secondary N) is 1. The number of para-hydroxylation sites is 1. The summed E-state index contributed by atoms with van der Waals surface area (Å²) in [4.78, 5) is 14.6. The van der Waals surface area contributed by atoms with E-state index in [-0.39, 0.29) is 6.04 Å². The van der Waals surface area contributed by atoms with Crippen molar-refractivity contribution < 1.29 is 9.53 Å². The first-order valence-corrected chi connectivity index (χ1v) is 7.92. The number of benzene rings is 1. The first kappa shape index (κ1) is 14.4. The van der Waals surface area contributed by atoms with E-state index in [0.717, 1.165) is 43.3 Å². The van der Waals surface area contributed by atoms with Crippen LogP contribution in [0.3, 0.4) is 0 Å². The second kappa shape index (κ2) is 6.48. The first-order chi connectivity index (χ1) is 10.3. The molecule has 1 atom stereocenters. The minimum atomic E-state index is 0.0848. The second-order valence-electron chi connectivity index (χ2n) is 6.03. The van der Waals surface area contributed by atoms with E-state index in [4.69, 9.17) is 4.74 Å². The Bertz CT molecular complexity index is 499. The van der Waals surface area contributed by atoms with Gasteiger partial charge in [0.15, 0.2) is 0 Å². The maximum absolute atomic E-state index is 12.6. The second-order valence-corrected chi connectivity index (χ2v) is 6.03. The van der Waals surface area contributed by atoms with Gasteiger partial charge in [-0.15, -0.1) is 0 Å². The number of hydrogen-bond acceptors (Lipinski definition) is 3. The summed E-state index contributed by atoms with van der Waals surface area (Å²) < 4.78 is 5.47. The van der Waals surface area contributed by atoms with Gasteiger partial charge in [0, 0.05) is 31.6 Å². The molecular weight excluding hydrogens is 264 g/mol. The third-order valence-electron chi connectivity index (χ3n) is 4.53. The van der Waals surface area contributed by atoms with E-state index in [9.17, 15) is 4.79 Å². The van der Waals surface area contributed by atoms with Crippen molar-refractivity contribution in [3.05, 3.63) is 29.8 Å². The fourth-order valence-corrected chi connectivity index (χ4v) is 3.10. The molecule has 0 bridgehead atoms. The number of hydrogen-bond donors (Lipinski definition) is 1. The van der Waals surface area contributed by atoms with Gasteiger partial charge in [-0.05, 0) is 18.4 Å². The lowest BCUT2D eigenvalue weighted by molar-refractivity contribution is -0.134. The third-order valence-corrected chi connectivity index (χ3v) is 4.53. The Kier molecular flexibility index (Phi) is 4.44. The van der Waals surface area contributed by atoms with Crippen molar-refractivity contribution in [2.75, 3.05) is 26.7 Å². The van der Waals surface area contributed by atoms with Crippen LogP contribution in [0.2, 0.25) is 0 Å². The number of carbonyl (C=O) groups excluding carboxylic acids is 1. The maximum atomic E-state index is 12.6. The SMILES string of the molecule is COc1ccccc1C1CNCCN1C(=O)CCC1CC1. The molecule has 1 aromatic carbocycles. The molecule has 2 fully saturated rings. The molecule has 1 aromatic rings. The van der Waals surface area contributed by atoms with Gasteiger partial charge >= 0.3 is 0 Å². The van der Waals surface area contributed by atoms with E-state index in [1.807, 2.05) is 23.1 Å². The Morgan fingerprint density at radius 1 is 1.38 bits per heavy atom. The average Bonchev–Trinajstić information content (AvgIpc) is 3.37. The van der Waals surface area contributed by atoms with Crippen LogP contribution in [0.1, 0.15) is 37.3 Å². The van der Waals surface area contributed by atoms with Crippen LogP contribution in [0.5, 0.6) is 5.75 Å². The lowest BCUT2D eigenvalue weighted by atomic mass is 10.0. The molecule has 1 aliphatic carbocycles. The van der Waals surface area contributed by atoms with Crippen LogP contribution >= 0.6 is 0 Å². The van der Waals surface area contributed by atoms with Crippen LogP contribution in [0.15, 0.2) is 24.3 Å². The Balaban J connectivity index is 1.75. The van der Waals surface area contributed by atoms with Gasteiger partial charge in [-0.3, -0.25) is 4.79 Å².